The van der Waals surface area contributed by atoms with Crippen molar-refractivity contribution in [2.75, 3.05) is 0 Å². The van der Waals surface area contributed by atoms with Crippen LogP contribution in [0.5, 0.6) is 0 Å². The summed E-state index contributed by atoms with van der Waals surface area (Å²) in [5.41, 5.74) is 0.258. The molecule has 1 aliphatic carbocycles. The molecule has 1 atom stereocenters. The largest absolute Gasteiger partial charge is 0.349 e. The fourth-order valence-electron chi connectivity index (χ4n) is 2.64. The maximum absolute atomic E-state index is 12.2. The lowest BCUT2D eigenvalue weighted by Crippen LogP contribution is -2.33. The normalized spacial score (nSPS) is 21.9. The number of halogens is 1. The minimum absolute atomic E-state index is 0.0288. The highest BCUT2D eigenvalue weighted by Crippen LogP contribution is 2.37. The van der Waals surface area contributed by atoms with Crippen LogP contribution in [0.4, 0.5) is 0 Å². The van der Waals surface area contributed by atoms with Gasteiger partial charge in [-0.2, -0.15) is 0 Å². The van der Waals surface area contributed by atoms with Crippen molar-refractivity contribution >= 4 is 37.0 Å². The summed E-state index contributed by atoms with van der Waals surface area (Å²) in [6, 6.07) is 1.52. The van der Waals surface area contributed by atoms with Crippen LogP contribution in [0.25, 0.3) is 0 Å². The molecule has 0 radical (unpaired) electrons. The SMILES string of the molecule is Cc1sc(C(=O)NC2CCC(C)(C)C2)cc1S(=O)(=O)Cl. The van der Waals surface area contributed by atoms with Gasteiger partial charge in [-0.15, -0.1) is 11.3 Å². The standard InChI is InChI=1S/C13H18ClNO3S2/c1-8-11(20(14,17)18)6-10(19-8)12(16)15-9-4-5-13(2,3)7-9/h6,9H,4-5,7H2,1-3H3,(H,15,16). The minimum atomic E-state index is -3.79. The van der Waals surface area contributed by atoms with Gasteiger partial charge in [-0.1, -0.05) is 13.8 Å². The molecule has 1 saturated carbocycles. The number of thiophene rings is 1. The van der Waals surface area contributed by atoms with Gasteiger partial charge in [-0.3, -0.25) is 4.79 Å². The second-order valence-electron chi connectivity index (χ2n) is 6.05. The molecule has 0 spiro atoms. The molecule has 1 aromatic rings. The number of hydrogen-bond donors (Lipinski definition) is 1. The molecule has 1 fully saturated rings. The van der Waals surface area contributed by atoms with Crippen molar-refractivity contribution in [1.29, 1.82) is 0 Å². The molecule has 1 unspecified atom stereocenters. The Hall–Kier alpha value is -0.590. The molecule has 1 heterocycles. The van der Waals surface area contributed by atoms with E-state index in [1.54, 1.807) is 6.92 Å². The van der Waals surface area contributed by atoms with Gasteiger partial charge in [0.1, 0.15) is 0 Å². The van der Waals surface area contributed by atoms with E-state index in [-0.39, 0.29) is 22.3 Å². The van der Waals surface area contributed by atoms with Gasteiger partial charge in [-0.05, 0) is 37.7 Å². The van der Waals surface area contributed by atoms with Crippen LogP contribution in [0.15, 0.2) is 11.0 Å². The van der Waals surface area contributed by atoms with Gasteiger partial charge < -0.3 is 5.32 Å². The Labute approximate surface area is 127 Å². The Morgan fingerprint density at radius 1 is 1.50 bits per heavy atom. The van der Waals surface area contributed by atoms with E-state index in [2.05, 4.69) is 19.2 Å². The highest BCUT2D eigenvalue weighted by atomic mass is 35.7. The first kappa shape index (κ1) is 15.8. The lowest BCUT2D eigenvalue weighted by Gasteiger charge is -2.17. The highest BCUT2D eigenvalue weighted by molar-refractivity contribution is 8.13. The maximum Gasteiger partial charge on any atom is 0.262 e. The van der Waals surface area contributed by atoms with Gasteiger partial charge in [0.2, 0.25) is 0 Å². The second-order valence-corrected chi connectivity index (χ2v) is 9.84. The van der Waals surface area contributed by atoms with E-state index in [4.69, 9.17) is 10.7 Å². The molecule has 1 aromatic heterocycles. The zero-order chi connectivity index (χ0) is 15.1. The quantitative estimate of drug-likeness (QED) is 0.862. The summed E-state index contributed by atoms with van der Waals surface area (Å²) in [7, 11) is 1.55. The predicted octanol–water partition coefficient (Wildman–Crippen LogP) is 3.29. The summed E-state index contributed by atoms with van der Waals surface area (Å²) in [5, 5.41) is 2.98. The Kier molecular flexibility index (Phi) is 4.19. The number of nitrogens with one attached hydrogen (secondary N) is 1. The zero-order valence-electron chi connectivity index (χ0n) is 11.7. The Balaban J connectivity index is 2.11. The number of rotatable bonds is 3. The van der Waals surface area contributed by atoms with Crippen molar-refractivity contribution in [3.8, 4) is 0 Å². The molecule has 0 saturated heterocycles. The number of carbonyl (C=O) groups excluding carboxylic acids is 1. The molecule has 4 nitrogen and oxygen atoms in total. The van der Waals surface area contributed by atoms with E-state index in [1.807, 2.05) is 0 Å². The Morgan fingerprint density at radius 2 is 2.15 bits per heavy atom. The van der Waals surface area contributed by atoms with Crippen LogP contribution in [0.2, 0.25) is 0 Å². The first-order valence-electron chi connectivity index (χ1n) is 6.44. The minimum Gasteiger partial charge on any atom is -0.349 e. The lowest BCUT2D eigenvalue weighted by atomic mass is 9.92. The van der Waals surface area contributed by atoms with Gasteiger partial charge in [-0.25, -0.2) is 8.42 Å². The average molecular weight is 336 g/mol. The summed E-state index contributed by atoms with van der Waals surface area (Å²) in [6.07, 6.45) is 3.00. The third kappa shape index (κ3) is 3.54. The van der Waals surface area contributed by atoms with Crippen LogP contribution < -0.4 is 5.32 Å². The van der Waals surface area contributed by atoms with Crippen LogP contribution in [-0.4, -0.2) is 20.4 Å². The summed E-state index contributed by atoms with van der Waals surface area (Å²) in [6.45, 7) is 6.02. The van der Waals surface area contributed by atoms with Gasteiger partial charge in [0.05, 0.1) is 9.77 Å². The van der Waals surface area contributed by atoms with E-state index >= 15 is 0 Å². The van der Waals surface area contributed by atoms with Crippen LogP contribution >= 0.6 is 22.0 Å². The fraction of sp³-hybridized carbons (Fsp3) is 0.615. The van der Waals surface area contributed by atoms with E-state index in [9.17, 15) is 13.2 Å². The first-order valence-corrected chi connectivity index (χ1v) is 9.57. The van der Waals surface area contributed by atoms with E-state index in [1.165, 1.54) is 6.07 Å². The van der Waals surface area contributed by atoms with E-state index < -0.39 is 9.05 Å². The predicted molar refractivity (Wildman–Crippen MR) is 81.0 cm³/mol. The molecule has 0 aliphatic heterocycles. The van der Waals surface area contributed by atoms with Crippen molar-refractivity contribution < 1.29 is 13.2 Å². The molecule has 1 N–H and O–H groups in total. The number of carbonyl (C=O) groups is 1. The molecule has 2 rings (SSSR count). The van der Waals surface area contributed by atoms with Crippen molar-refractivity contribution in [2.24, 2.45) is 5.41 Å². The average Bonchev–Trinajstić information content (AvgIpc) is 2.81. The van der Waals surface area contributed by atoms with Crippen LogP contribution in [0, 0.1) is 12.3 Å². The van der Waals surface area contributed by atoms with Crippen molar-refractivity contribution in [3.63, 3.8) is 0 Å². The third-order valence-electron chi connectivity index (χ3n) is 3.66. The smallest absolute Gasteiger partial charge is 0.262 e. The first-order chi connectivity index (χ1) is 9.08. The molecular formula is C13H18ClNO3S2. The van der Waals surface area contributed by atoms with Crippen molar-refractivity contribution in [3.05, 3.63) is 15.8 Å². The molecule has 112 valence electrons. The van der Waals surface area contributed by atoms with Gasteiger partial charge >= 0.3 is 0 Å². The summed E-state index contributed by atoms with van der Waals surface area (Å²) in [4.78, 5) is 13.1. The zero-order valence-corrected chi connectivity index (χ0v) is 14.1. The molecule has 0 bridgehead atoms. The van der Waals surface area contributed by atoms with Gasteiger partial charge in [0, 0.05) is 21.6 Å². The van der Waals surface area contributed by atoms with Crippen molar-refractivity contribution in [1.82, 2.24) is 5.32 Å². The summed E-state index contributed by atoms with van der Waals surface area (Å²) < 4.78 is 22.7. The van der Waals surface area contributed by atoms with Crippen molar-refractivity contribution in [2.45, 2.75) is 51.0 Å². The molecule has 7 heteroatoms. The molecular weight excluding hydrogens is 318 g/mol. The van der Waals surface area contributed by atoms with Crippen LogP contribution in [0.1, 0.15) is 47.7 Å². The summed E-state index contributed by atoms with van der Waals surface area (Å²) in [5.74, 6) is -0.215. The highest BCUT2D eigenvalue weighted by Gasteiger charge is 2.32. The lowest BCUT2D eigenvalue weighted by molar-refractivity contribution is 0.0940. The van der Waals surface area contributed by atoms with Gasteiger partial charge in [0.15, 0.2) is 0 Å². The topological polar surface area (TPSA) is 63.2 Å². The number of hydrogen-bond acceptors (Lipinski definition) is 4. The molecule has 0 aromatic carbocycles. The number of aryl methyl sites for hydroxylation is 1. The summed E-state index contributed by atoms with van der Waals surface area (Å²) >= 11 is 1.16. The second kappa shape index (κ2) is 5.31. The van der Waals surface area contributed by atoms with Crippen LogP contribution in [-0.2, 0) is 9.05 Å². The Bertz CT molecular complexity index is 634. The number of amides is 1. The third-order valence-corrected chi connectivity index (χ3v) is 6.29. The van der Waals surface area contributed by atoms with E-state index in [0.717, 1.165) is 30.6 Å². The van der Waals surface area contributed by atoms with E-state index in [0.29, 0.717) is 9.75 Å². The molecule has 20 heavy (non-hydrogen) atoms. The Morgan fingerprint density at radius 3 is 2.60 bits per heavy atom. The molecule has 1 amide bonds. The van der Waals surface area contributed by atoms with Gasteiger partial charge in [0.25, 0.3) is 15.0 Å². The monoisotopic (exact) mass is 335 g/mol. The van der Waals surface area contributed by atoms with Crippen LogP contribution in [0.3, 0.4) is 0 Å². The molecule has 1 aliphatic rings. The maximum atomic E-state index is 12.2. The fourth-order valence-corrected chi connectivity index (χ4v) is 5.20.